The lowest BCUT2D eigenvalue weighted by molar-refractivity contribution is -0.144. The molecule has 0 heterocycles. The lowest BCUT2D eigenvalue weighted by atomic mass is 9.60. The molecular formula is C29H26ClF3N4O8. The highest BCUT2D eigenvalue weighted by Gasteiger charge is 2.59. The van der Waals surface area contributed by atoms with Gasteiger partial charge < -0.3 is 41.7 Å². The Morgan fingerprint density at radius 3 is 2.31 bits per heavy atom. The number of ketones is 2. The molecule has 0 saturated heterocycles. The van der Waals surface area contributed by atoms with E-state index in [2.05, 4.69) is 5.32 Å². The number of aliphatic hydroxyl groups excluding tert-OH is 2. The van der Waals surface area contributed by atoms with Crippen molar-refractivity contribution in [1.29, 1.82) is 0 Å². The predicted octanol–water partition coefficient (Wildman–Crippen LogP) is 3.96. The predicted molar refractivity (Wildman–Crippen MR) is 154 cm³/mol. The van der Waals surface area contributed by atoms with Crippen molar-refractivity contribution in [2.24, 2.45) is 17.6 Å². The van der Waals surface area contributed by atoms with Crippen LogP contribution in [0.15, 0.2) is 46.9 Å². The van der Waals surface area contributed by atoms with Gasteiger partial charge in [0.2, 0.25) is 5.78 Å². The summed E-state index contributed by atoms with van der Waals surface area (Å²) in [6, 6.07) is 2.79. The van der Waals surface area contributed by atoms with Crippen molar-refractivity contribution in [3.63, 3.8) is 0 Å². The molecule has 0 unspecified atom stereocenters. The number of primary amides is 1. The Bertz CT molecular complexity index is 1770. The Morgan fingerprint density at radius 2 is 1.71 bits per heavy atom. The third-order valence-corrected chi connectivity index (χ3v) is 8.54. The van der Waals surface area contributed by atoms with Crippen molar-refractivity contribution in [3.8, 4) is 5.75 Å². The number of carbonyl (C=O) groups excluding carboxylic acids is 4. The van der Waals surface area contributed by atoms with Gasteiger partial charge in [0, 0.05) is 42.7 Å². The average molecular weight is 651 g/mol. The van der Waals surface area contributed by atoms with E-state index in [1.807, 2.05) is 5.32 Å². The van der Waals surface area contributed by atoms with Gasteiger partial charge in [-0.15, -0.1) is 0 Å². The van der Waals surface area contributed by atoms with Crippen LogP contribution < -0.4 is 21.3 Å². The maximum Gasteiger partial charge on any atom is 0.418 e. The van der Waals surface area contributed by atoms with Crippen LogP contribution in [-0.2, 0) is 22.2 Å². The number of phenolic OH excluding ortho intramolecular Hbond substituents is 1. The molecule has 2 aromatic rings. The van der Waals surface area contributed by atoms with Gasteiger partial charge >= 0.3 is 12.2 Å². The third-order valence-electron chi connectivity index (χ3n) is 8.30. The van der Waals surface area contributed by atoms with E-state index in [0.717, 1.165) is 12.1 Å². The number of amides is 3. The maximum absolute atomic E-state index is 13.9. The Balaban J connectivity index is 1.57. The monoisotopic (exact) mass is 650 g/mol. The van der Waals surface area contributed by atoms with Crippen LogP contribution in [0.2, 0.25) is 5.02 Å². The molecule has 0 aliphatic heterocycles. The summed E-state index contributed by atoms with van der Waals surface area (Å²) in [5.74, 6) is -8.13. The van der Waals surface area contributed by atoms with Crippen LogP contribution in [0, 0.1) is 11.8 Å². The summed E-state index contributed by atoms with van der Waals surface area (Å²) >= 11 is 5.69. The molecule has 3 aliphatic carbocycles. The summed E-state index contributed by atoms with van der Waals surface area (Å²) in [6.07, 6.45) is -5.33. The van der Waals surface area contributed by atoms with E-state index in [1.165, 1.54) is 6.07 Å². The molecule has 2 aromatic carbocycles. The van der Waals surface area contributed by atoms with Gasteiger partial charge in [0.15, 0.2) is 17.1 Å². The van der Waals surface area contributed by atoms with E-state index in [-0.39, 0.29) is 35.5 Å². The summed E-state index contributed by atoms with van der Waals surface area (Å²) in [5, 5.41) is 48.2. The number of nitrogens with one attached hydrogen (secondary N) is 2. The van der Waals surface area contributed by atoms with Crippen LogP contribution >= 0.6 is 11.6 Å². The molecule has 0 saturated carbocycles. The second-order valence-electron chi connectivity index (χ2n) is 11.2. The van der Waals surface area contributed by atoms with Gasteiger partial charge in [-0.25, -0.2) is 4.79 Å². The molecule has 0 bridgehead atoms. The molecule has 5 rings (SSSR count). The van der Waals surface area contributed by atoms with Crippen molar-refractivity contribution < 1.29 is 52.8 Å². The standard InChI is InChI=1S/C29H26ClF3N4O8/c1-37(2)17-9-16(36-27(44)35-15-4-3-12(30)8-14(15)29(31,32)33)22(39)20-13(17)6-10-5-11-7-18(38)21(26(34)43)25(42)28(11,45)24(41)19(10)23(20)40/h3-4,8-11,38-39,41,45H,5-7H2,1-2H3,(H2,34,43)(H2,35,36,44)/t10-,11+,28+/m1/s1. The molecule has 8 N–H and O–H groups in total. The topological polar surface area (TPSA) is 203 Å². The molecule has 12 nitrogen and oxygen atoms in total. The highest BCUT2D eigenvalue weighted by molar-refractivity contribution is 6.30. The number of hydrogen-bond acceptors (Lipinski definition) is 9. The number of aliphatic hydroxyl groups is 3. The summed E-state index contributed by atoms with van der Waals surface area (Å²) in [7, 11) is 3.20. The number of halogens is 4. The minimum atomic E-state index is -4.87. The first-order chi connectivity index (χ1) is 20.9. The quantitative estimate of drug-likeness (QED) is 0.189. The van der Waals surface area contributed by atoms with Gasteiger partial charge in [-0.1, -0.05) is 11.6 Å². The molecule has 3 aliphatic rings. The number of fused-ring (bicyclic) bond motifs is 3. The van der Waals surface area contributed by atoms with E-state index in [4.69, 9.17) is 17.3 Å². The fraction of sp³-hybridized carbons (Fsp3) is 0.310. The van der Waals surface area contributed by atoms with Gasteiger partial charge in [-0.05, 0) is 48.6 Å². The number of urea groups is 1. The van der Waals surface area contributed by atoms with E-state index >= 15 is 0 Å². The van der Waals surface area contributed by atoms with Gasteiger partial charge in [-0.3, -0.25) is 14.4 Å². The highest BCUT2D eigenvalue weighted by Crippen LogP contribution is 2.53. The number of allylic oxidation sites excluding steroid dienone is 2. The molecule has 238 valence electrons. The summed E-state index contributed by atoms with van der Waals surface area (Å²) < 4.78 is 40.6. The van der Waals surface area contributed by atoms with Gasteiger partial charge in [0.1, 0.15) is 17.1 Å². The smallest absolute Gasteiger partial charge is 0.418 e. The van der Waals surface area contributed by atoms with Gasteiger partial charge in [0.05, 0.1) is 22.5 Å². The van der Waals surface area contributed by atoms with Crippen LogP contribution in [0.4, 0.5) is 35.0 Å². The van der Waals surface area contributed by atoms with Crippen molar-refractivity contribution in [2.45, 2.75) is 31.0 Å². The van der Waals surface area contributed by atoms with Gasteiger partial charge in [0.25, 0.3) is 5.91 Å². The minimum absolute atomic E-state index is 0.00164. The van der Waals surface area contributed by atoms with Crippen LogP contribution in [0.1, 0.15) is 34.3 Å². The Morgan fingerprint density at radius 1 is 1.07 bits per heavy atom. The zero-order valence-corrected chi connectivity index (χ0v) is 24.3. The molecule has 3 amide bonds. The van der Waals surface area contributed by atoms with E-state index in [0.29, 0.717) is 11.8 Å². The summed E-state index contributed by atoms with van der Waals surface area (Å²) in [4.78, 5) is 53.3. The number of rotatable bonds is 4. The number of carbonyl (C=O) groups is 4. The van der Waals surface area contributed by atoms with Crippen LogP contribution in [0.25, 0.3) is 0 Å². The molecule has 0 radical (unpaired) electrons. The number of aromatic hydroxyl groups is 1. The van der Waals surface area contributed by atoms with Crippen molar-refractivity contribution >= 4 is 52.2 Å². The number of alkyl halides is 3. The molecular weight excluding hydrogens is 625 g/mol. The molecule has 45 heavy (non-hydrogen) atoms. The lowest BCUT2D eigenvalue weighted by Gasteiger charge is -2.45. The lowest BCUT2D eigenvalue weighted by Crippen LogP contribution is -2.57. The fourth-order valence-electron chi connectivity index (χ4n) is 6.30. The number of phenols is 1. The molecule has 3 atom stereocenters. The van der Waals surface area contributed by atoms with E-state index < -0.39 is 92.3 Å². The third kappa shape index (κ3) is 5.01. The highest BCUT2D eigenvalue weighted by atomic mass is 35.5. The van der Waals surface area contributed by atoms with Crippen molar-refractivity contribution in [1.82, 2.24) is 0 Å². The summed E-state index contributed by atoms with van der Waals surface area (Å²) in [6.45, 7) is 0. The number of Topliss-reactive ketones (excluding diaryl/α,β-unsaturated/α-hetero) is 2. The average Bonchev–Trinajstić information content (AvgIpc) is 2.92. The Kier molecular flexibility index (Phi) is 7.53. The molecule has 0 fully saturated rings. The number of anilines is 3. The van der Waals surface area contributed by atoms with Crippen molar-refractivity contribution in [3.05, 3.63) is 68.6 Å². The second-order valence-corrected chi connectivity index (χ2v) is 11.7. The number of nitrogens with two attached hydrogens (primary N) is 1. The number of benzene rings is 2. The number of hydrogen-bond donors (Lipinski definition) is 7. The number of nitrogens with zero attached hydrogens (tertiary/aromatic N) is 1. The molecule has 0 spiro atoms. The first-order valence-corrected chi connectivity index (χ1v) is 13.7. The van der Waals surface area contributed by atoms with E-state index in [9.17, 15) is 52.8 Å². The first-order valence-electron chi connectivity index (χ1n) is 13.4. The van der Waals surface area contributed by atoms with Crippen LogP contribution in [-0.4, -0.2) is 63.6 Å². The fourth-order valence-corrected chi connectivity index (χ4v) is 6.47. The maximum atomic E-state index is 13.9. The first kappa shape index (κ1) is 31.7. The van der Waals surface area contributed by atoms with Gasteiger partial charge in [-0.2, -0.15) is 13.2 Å². The zero-order chi connectivity index (χ0) is 33.3. The normalized spacial score (nSPS) is 22.8. The van der Waals surface area contributed by atoms with Crippen molar-refractivity contribution in [2.75, 3.05) is 29.6 Å². The SMILES string of the molecule is CN(C)c1cc(NC(=O)Nc2ccc(Cl)cc2C(F)(F)F)c(O)c2c1C[C@H]1C[C@H]3CC(O)=C(C(N)=O)C(=O)[C@@]3(O)C(O)=C1C2=O. The van der Waals surface area contributed by atoms with Crippen LogP contribution in [0.3, 0.4) is 0 Å². The largest absolute Gasteiger partial charge is 0.511 e. The Hall–Kier alpha value is -4.76. The minimum Gasteiger partial charge on any atom is -0.511 e. The molecule has 0 aromatic heterocycles. The summed E-state index contributed by atoms with van der Waals surface area (Å²) in [5.41, 5.74) is -0.909. The second kappa shape index (κ2) is 10.7. The van der Waals surface area contributed by atoms with Crippen LogP contribution in [0.5, 0.6) is 5.75 Å². The molecule has 16 heteroatoms. The Labute approximate surface area is 257 Å². The van der Waals surface area contributed by atoms with E-state index in [1.54, 1.807) is 19.0 Å². The zero-order valence-electron chi connectivity index (χ0n) is 23.5.